The molecule has 4 aliphatic rings. The van der Waals surface area contributed by atoms with Crippen LogP contribution in [0.5, 0.6) is 0 Å². The predicted octanol–water partition coefficient (Wildman–Crippen LogP) is 4.21. The Bertz CT molecular complexity index is 282. The first-order chi connectivity index (χ1) is 8.11. The van der Waals surface area contributed by atoms with Gasteiger partial charge in [-0.1, -0.05) is 13.8 Å². The fourth-order valence-electron chi connectivity index (χ4n) is 5.48. The summed E-state index contributed by atoms with van der Waals surface area (Å²) in [4.78, 5) is 11.7. The van der Waals surface area contributed by atoms with Crippen LogP contribution in [0.4, 0.5) is 0 Å². The molecular weight excluding hydrogens is 208 g/mol. The zero-order chi connectivity index (χ0) is 12.0. The highest BCUT2D eigenvalue weighted by atomic mass is 16.1. The summed E-state index contributed by atoms with van der Waals surface area (Å²) >= 11 is 0. The van der Waals surface area contributed by atoms with Crippen LogP contribution in [-0.2, 0) is 4.79 Å². The molecule has 96 valence electrons. The molecule has 0 spiro atoms. The fourth-order valence-corrected chi connectivity index (χ4v) is 5.48. The molecule has 0 heterocycles. The van der Waals surface area contributed by atoms with Gasteiger partial charge < -0.3 is 0 Å². The van der Waals surface area contributed by atoms with E-state index in [0.29, 0.717) is 17.1 Å². The van der Waals surface area contributed by atoms with Crippen LogP contribution in [0, 0.1) is 29.1 Å². The van der Waals surface area contributed by atoms with E-state index in [1.165, 1.54) is 38.5 Å². The smallest absolute Gasteiger partial charge is 0.132 e. The lowest BCUT2D eigenvalue weighted by Gasteiger charge is -2.59. The summed E-state index contributed by atoms with van der Waals surface area (Å²) in [5.41, 5.74) is 0.569. The number of rotatable bonds is 4. The normalized spacial score (nSPS) is 44.9. The standard InChI is InChI=1S/C16H26O/c1-3-15(17)4-11(2)16-8-12-5-13(9-16)7-14(6-12)10-16/h11-14H,3-10H2,1-2H3. The van der Waals surface area contributed by atoms with Crippen molar-refractivity contribution in [2.24, 2.45) is 29.1 Å². The van der Waals surface area contributed by atoms with E-state index >= 15 is 0 Å². The van der Waals surface area contributed by atoms with E-state index in [2.05, 4.69) is 6.92 Å². The van der Waals surface area contributed by atoms with Gasteiger partial charge in [0.2, 0.25) is 0 Å². The molecule has 0 radical (unpaired) electrons. The highest BCUT2D eigenvalue weighted by Gasteiger charge is 2.52. The zero-order valence-corrected chi connectivity index (χ0v) is 11.4. The number of hydrogen-bond acceptors (Lipinski definition) is 1. The molecule has 0 N–H and O–H groups in total. The van der Waals surface area contributed by atoms with Crippen LogP contribution in [0.2, 0.25) is 0 Å². The second-order valence-electron chi connectivity index (χ2n) is 7.28. The van der Waals surface area contributed by atoms with Gasteiger partial charge >= 0.3 is 0 Å². The minimum absolute atomic E-state index is 0.480. The molecule has 4 aliphatic carbocycles. The van der Waals surface area contributed by atoms with Gasteiger partial charge in [-0.15, -0.1) is 0 Å². The van der Waals surface area contributed by atoms with Crippen molar-refractivity contribution in [2.75, 3.05) is 0 Å². The Morgan fingerprint density at radius 3 is 2.00 bits per heavy atom. The van der Waals surface area contributed by atoms with E-state index in [0.717, 1.165) is 30.6 Å². The number of Topliss-reactive ketones (excluding diaryl/α,β-unsaturated/α-hetero) is 1. The fraction of sp³-hybridized carbons (Fsp3) is 0.938. The van der Waals surface area contributed by atoms with Crippen molar-refractivity contribution >= 4 is 5.78 Å². The molecule has 0 amide bonds. The van der Waals surface area contributed by atoms with Gasteiger partial charge in [0.05, 0.1) is 0 Å². The van der Waals surface area contributed by atoms with Crippen molar-refractivity contribution in [1.82, 2.24) is 0 Å². The third-order valence-corrected chi connectivity index (χ3v) is 6.06. The highest BCUT2D eigenvalue weighted by molar-refractivity contribution is 5.78. The van der Waals surface area contributed by atoms with E-state index < -0.39 is 0 Å². The van der Waals surface area contributed by atoms with Gasteiger partial charge in [-0.25, -0.2) is 0 Å². The maximum Gasteiger partial charge on any atom is 0.132 e. The molecule has 4 bridgehead atoms. The zero-order valence-electron chi connectivity index (χ0n) is 11.4. The van der Waals surface area contributed by atoms with E-state index in [9.17, 15) is 4.79 Å². The van der Waals surface area contributed by atoms with Gasteiger partial charge in [0.25, 0.3) is 0 Å². The average Bonchev–Trinajstić information content (AvgIpc) is 2.26. The molecule has 1 unspecified atom stereocenters. The molecule has 17 heavy (non-hydrogen) atoms. The number of ketones is 1. The van der Waals surface area contributed by atoms with Crippen LogP contribution in [0.1, 0.15) is 65.2 Å². The van der Waals surface area contributed by atoms with Gasteiger partial charge in [-0.2, -0.15) is 0 Å². The lowest BCUT2D eigenvalue weighted by molar-refractivity contribution is -0.125. The topological polar surface area (TPSA) is 17.1 Å². The number of carbonyl (C=O) groups is 1. The van der Waals surface area contributed by atoms with Gasteiger partial charge in [0.15, 0.2) is 0 Å². The predicted molar refractivity (Wildman–Crippen MR) is 69.7 cm³/mol. The lowest BCUT2D eigenvalue weighted by atomic mass is 9.46. The summed E-state index contributed by atoms with van der Waals surface area (Å²) in [6, 6.07) is 0. The maximum atomic E-state index is 11.7. The number of hydrogen-bond donors (Lipinski definition) is 0. The molecular formula is C16H26O. The van der Waals surface area contributed by atoms with Crippen LogP contribution in [0.3, 0.4) is 0 Å². The lowest BCUT2D eigenvalue weighted by Crippen LogP contribution is -2.49. The maximum absolute atomic E-state index is 11.7. The Morgan fingerprint density at radius 2 is 1.59 bits per heavy atom. The molecule has 0 aromatic rings. The van der Waals surface area contributed by atoms with Gasteiger partial charge in [-0.3, -0.25) is 4.79 Å². The minimum Gasteiger partial charge on any atom is -0.300 e. The summed E-state index contributed by atoms with van der Waals surface area (Å²) < 4.78 is 0. The second kappa shape index (κ2) is 4.10. The van der Waals surface area contributed by atoms with Crippen molar-refractivity contribution in [3.8, 4) is 0 Å². The van der Waals surface area contributed by atoms with Crippen LogP contribution in [0.25, 0.3) is 0 Å². The first-order valence-electron chi connectivity index (χ1n) is 7.63. The number of carbonyl (C=O) groups excluding carboxylic acids is 1. The van der Waals surface area contributed by atoms with Gasteiger partial charge in [-0.05, 0) is 67.6 Å². The SMILES string of the molecule is CCC(=O)CC(C)C12CC3CC(CC(C3)C1)C2. The Hall–Kier alpha value is -0.330. The summed E-state index contributed by atoms with van der Waals surface area (Å²) in [6.45, 7) is 4.37. The Kier molecular flexibility index (Phi) is 2.83. The molecule has 4 saturated carbocycles. The van der Waals surface area contributed by atoms with Crippen LogP contribution >= 0.6 is 0 Å². The monoisotopic (exact) mass is 234 g/mol. The second-order valence-corrected chi connectivity index (χ2v) is 7.28. The van der Waals surface area contributed by atoms with E-state index in [1.54, 1.807) is 0 Å². The van der Waals surface area contributed by atoms with Gasteiger partial charge in [0, 0.05) is 12.8 Å². The van der Waals surface area contributed by atoms with Crippen molar-refractivity contribution in [2.45, 2.75) is 65.2 Å². The van der Waals surface area contributed by atoms with Crippen LogP contribution < -0.4 is 0 Å². The van der Waals surface area contributed by atoms with E-state index in [4.69, 9.17) is 0 Å². The van der Waals surface area contributed by atoms with E-state index in [1.807, 2.05) is 6.92 Å². The van der Waals surface area contributed by atoms with E-state index in [-0.39, 0.29) is 0 Å². The quantitative estimate of drug-likeness (QED) is 0.712. The molecule has 1 atom stereocenters. The molecule has 4 rings (SSSR count). The molecule has 0 aliphatic heterocycles. The Balaban J connectivity index is 1.75. The van der Waals surface area contributed by atoms with Crippen molar-refractivity contribution in [3.05, 3.63) is 0 Å². The van der Waals surface area contributed by atoms with Gasteiger partial charge in [0.1, 0.15) is 5.78 Å². The molecule has 1 nitrogen and oxygen atoms in total. The first-order valence-corrected chi connectivity index (χ1v) is 7.63. The molecule has 1 heteroatoms. The third kappa shape index (κ3) is 1.96. The first kappa shape index (κ1) is 11.7. The van der Waals surface area contributed by atoms with Crippen molar-refractivity contribution in [3.63, 3.8) is 0 Å². The van der Waals surface area contributed by atoms with Crippen LogP contribution in [-0.4, -0.2) is 5.78 Å². The summed E-state index contributed by atoms with van der Waals surface area (Å²) in [5.74, 6) is 4.16. The Labute approximate surface area is 105 Å². The molecule has 4 fully saturated rings. The Morgan fingerprint density at radius 1 is 1.12 bits per heavy atom. The van der Waals surface area contributed by atoms with Crippen LogP contribution in [0.15, 0.2) is 0 Å². The largest absolute Gasteiger partial charge is 0.300 e. The minimum atomic E-state index is 0.480. The van der Waals surface area contributed by atoms with Crippen molar-refractivity contribution in [1.29, 1.82) is 0 Å². The molecule has 0 saturated heterocycles. The van der Waals surface area contributed by atoms with Crippen molar-refractivity contribution < 1.29 is 4.79 Å². The summed E-state index contributed by atoms with van der Waals surface area (Å²) in [7, 11) is 0. The third-order valence-electron chi connectivity index (χ3n) is 6.06. The molecule has 0 aromatic heterocycles. The highest BCUT2D eigenvalue weighted by Crippen LogP contribution is 2.63. The molecule has 0 aromatic carbocycles. The summed E-state index contributed by atoms with van der Waals surface area (Å²) in [6.07, 6.45) is 10.4. The summed E-state index contributed by atoms with van der Waals surface area (Å²) in [5, 5.41) is 0. The average molecular weight is 234 g/mol.